The standard InChI is InChI=1S/C10H12N4OS/c1-6-7(5-13-14-6)4-12-10(15)9-8(11)2-3-16-9/h2-3,5H,4,11H2,1H3,(H,12,15)(H,13,14). The molecule has 0 unspecified atom stereocenters. The second-order valence-corrected chi connectivity index (χ2v) is 4.32. The molecule has 2 heterocycles. The quantitative estimate of drug-likeness (QED) is 0.750. The number of anilines is 1. The summed E-state index contributed by atoms with van der Waals surface area (Å²) in [6, 6.07) is 1.72. The Labute approximate surface area is 96.7 Å². The van der Waals surface area contributed by atoms with Crippen molar-refractivity contribution in [3.8, 4) is 0 Å². The number of nitrogens with one attached hydrogen (secondary N) is 2. The highest BCUT2D eigenvalue weighted by molar-refractivity contribution is 7.12. The van der Waals surface area contributed by atoms with Gasteiger partial charge in [-0.25, -0.2) is 0 Å². The normalized spacial score (nSPS) is 10.3. The molecule has 6 heteroatoms. The summed E-state index contributed by atoms with van der Waals surface area (Å²) in [5.74, 6) is -0.145. The SMILES string of the molecule is Cc1[nH]ncc1CNC(=O)c1sccc1N. The minimum Gasteiger partial charge on any atom is -0.397 e. The van der Waals surface area contributed by atoms with Crippen LogP contribution < -0.4 is 11.1 Å². The summed E-state index contributed by atoms with van der Waals surface area (Å²) in [7, 11) is 0. The molecular weight excluding hydrogens is 224 g/mol. The van der Waals surface area contributed by atoms with E-state index in [0.29, 0.717) is 17.1 Å². The third kappa shape index (κ3) is 2.06. The average molecular weight is 236 g/mol. The summed E-state index contributed by atoms with van der Waals surface area (Å²) in [5, 5.41) is 11.3. The fourth-order valence-corrected chi connectivity index (χ4v) is 2.05. The van der Waals surface area contributed by atoms with Gasteiger partial charge in [-0.15, -0.1) is 11.3 Å². The summed E-state index contributed by atoms with van der Waals surface area (Å²) in [6.07, 6.45) is 1.70. The summed E-state index contributed by atoms with van der Waals surface area (Å²) < 4.78 is 0. The van der Waals surface area contributed by atoms with Crippen molar-refractivity contribution in [3.63, 3.8) is 0 Å². The van der Waals surface area contributed by atoms with Crippen molar-refractivity contribution < 1.29 is 4.79 Å². The van der Waals surface area contributed by atoms with Crippen molar-refractivity contribution in [2.75, 3.05) is 5.73 Å². The van der Waals surface area contributed by atoms with Gasteiger partial charge in [0, 0.05) is 17.8 Å². The van der Waals surface area contributed by atoms with Crippen LogP contribution in [0.25, 0.3) is 0 Å². The predicted octanol–water partition coefficient (Wildman–Crippen LogP) is 1.29. The molecule has 0 aliphatic carbocycles. The molecule has 4 N–H and O–H groups in total. The maximum Gasteiger partial charge on any atom is 0.263 e. The number of carbonyl (C=O) groups excluding carboxylic acids is 1. The summed E-state index contributed by atoms with van der Waals surface area (Å²) >= 11 is 1.34. The Kier molecular flexibility index (Phi) is 2.91. The van der Waals surface area contributed by atoms with Crippen LogP contribution in [0.4, 0.5) is 5.69 Å². The number of amides is 1. The van der Waals surface area contributed by atoms with Gasteiger partial charge in [0.05, 0.1) is 11.9 Å². The van der Waals surface area contributed by atoms with Gasteiger partial charge in [0.15, 0.2) is 0 Å². The van der Waals surface area contributed by atoms with Crippen molar-refractivity contribution in [2.24, 2.45) is 0 Å². The van der Waals surface area contributed by atoms with Crippen LogP contribution in [-0.2, 0) is 6.54 Å². The molecule has 5 nitrogen and oxygen atoms in total. The molecule has 0 spiro atoms. The van der Waals surface area contributed by atoms with E-state index in [1.165, 1.54) is 11.3 Å². The third-order valence-electron chi connectivity index (χ3n) is 2.28. The van der Waals surface area contributed by atoms with Crippen molar-refractivity contribution in [2.45, 2.75) is 13.5 Å². The number of thiophene rings is 1. The van der Waals surface area contributed by atoms with Gasteiger partial charge < -0.3 is 11.1 Å². The zero-order chi connectivity index (χ0) is 11.5. The lowest BCUT2D eigenvalue weighted by molar-refractivity contribution is 0.0956. The van der Waals surface area contributed by atoms with Crippen molar-refractivity contribution in [1.82, 2.24) is 15.5 Å². The van der Waals surface area contributed by atoms with Crippen molar-refractivity contribution in [3.05, 3.63) is 33.8 Å². The number of aromatic nitrogens is 2. The molecular formula is C10H12N4OS. The van der Waals surface area contributed by atoms with E-state index >= 15 is 0 Å². The van der Waals surface area contributed by atoms with Crippen LogP contribution in [0.2, 0.25) is 0 Å². The number of nitrogens with zero attached hydrogens (tertiary/aromatic N) is 1. The summed E-state index contributed by atoms with van der Waals surface area (Å²) in [4.78, 5) is 12.3. The van der Waals surface area contributed by atoms with Crippen LogP contribution in [0.15, 0.2) is 17.6 Å². The van der Waals surface area contributed by atoms with Crippen LogP contribution in [-0.4, -0.2) is 16.1 Å². The Morgan fingerprint density at radius 1 is 1.69 bits per heavy atom. The summed E-state index contributed by atoms with van der Waals surface area (Å²) in [6.45, 7) is 2.37. The van der Waals surface area contributed by atoms with Gasteiger partial charge in [0.25, 0.3) is 5.91 Å². The summed E-state index contributed by atoms with van der Waals surface area (Å²) in [5.41, 5.74) is 8.10. The highest BCUT2D eigenvalue weighted by Crippen LogP contribution is 2.18. The molecule has 2 aromatic rings. The second-order valence-electron chi connectivity index (χ2n) is 3.41. The van der Waals surface area contributed by atoms with Gasteiger partial charge in [-0.2, -0.15) is 5.10 Å². The number of aryl methyl sites for hydroxylation is 1. The molecule has 0 radical (unpaired) electrons. The van der Waals surface area contributed by atoms with Crippen LogP contribution >= 0.6 is 11.3 Å². The first-order chi connectivity index (χ1) is 7.68. The molecule has 0 aliphatic rings. The van der Waals surface area contributed by atoms with Crippen molar-refractivity contribution in [1.29, 1.82) is 0 Å². The first-order valence-electron chi connectivity index (χ1n) is 4.78. The van der Waals surface area contributed by atoms with Gasteiger partial charge in [0.1, 0.15) is 4.88 Å². The molecule has 2 rings (SSSR count). The highest BCUT2D eigenvalue weighted by atomic mass is 32.1. The maximum absolute atomic E-state index is 11.7. The molecule has 0 atom stereocenters. The Bertz CT molecular complexity index is 502. The second kappa shape index (κ2) is 4.36. The van der Waals surface area contributed by atoms with Crippen LogP contribution in [0.1, 0.15) is 20.9 Å². The number of nitrogen functional groups attached to an aromatic ring is 1. The number of rotatable bonds is 3. The Morgan fingerprint density at radius 2 is 2.50 bits per heavy atom. The zero-order valence-corrected chi connectivity index (χ0v) is 9.60. The number of hydrogen-bond acceptors (Lipinski definition) is 4. The fraction of sp³-hybridized carbons (Fsp3) is 0.200. The average Bonchev–Trinajstić information content (AvgIpc) is 2.84. The lowest BCUT2D eigenvalue weighted by Crippen LogP contribution is -2.22. The minimum atomic E-state index is -0.145. The topological polar surface area (TPSA) is 83.8 Å². The van der Waals surface area contributed by atoms with Gasteiger partial charge in [0.2, 0.25) is 0 Å². The van der Waals surface area contributed by atoms with Gasteiger partial charge in [-0.05, 0) is 18.4 Å². The number of aromatic amines is 1. The molecule has 84 valence electrons. The van der Waals surface area contributed by atoms with Crippen molar-refractivity contribution >= 4 is 22.9 Å². The number of hydrogen-bond donors (Lipinski definition) is 3. The van der Waals surface area contributed by atoms with E-state index < -0.39 is 0 Å². The lowest BCUT2D eigenvalue weighted by atomic mass is 10.2. The van der Waals surface area contributed by atoms with E-state index in [9.17, 15) is 4.79 Å². The first kappa shape index (κ1) is 10.7. The molecule has 0 saturated carbocycles. The number of H-pyrrole nitrogens is 1. The Morgan fingerprint density at radius 3 is 3.06 bits per heavy atom. The molecule has 0 saturated heterocycles. The molecule has 0 aliphatic heterocycles. The van der Waals surface area contributed by atoms with Crippen LogP contribution in [0, 0.1) is 6.92 Å². The molecule has 16 heavy (non-hydrogen) atoms. The first-order valence-corrected chi connectivity index (χ1v) is 5.66. The molecule has 0 fully saturated rings. The number of carbonyl (C=O) groups is 1. The van der Waals surface area contributed by atoms with Gasteiger partial charge in [-0.1, -0.05) is 0 Å². The van der Waals surface area contributed by atoms with E-state index in [0.717, 1.165) is 11.3 Å². The molecule has 2 aromatic heterocycles. The maximum atomic E-state index is 11.7. The van der Waals surface area contributed by atoms with Gasteiger partial charge in [-0.3, -0.25) is 9.89 Å². The zero-order valence-electron chi connectivity index (χ0n) is 8.78. The molecule has 0 bridgehead atoms. The predicted molar refractivity (Wildman–Crippen MR) is 63.2 cm³/mol. The van der Waals surface area contributed by atoms with E-state index in [1.807, 2.05) is 6.92 Å². The third-order valence-corrected chi connectivity index (χ3v) is 3.20. The minimum absolute atomic E-state index is 0.145. The van der Waals surface area contributed by atoms with E-state index in [4.69, 9.17) is 5.73 Å². The highest BCUT2D eigenvalue weighted by Gasteiger charge is 2.11. The van der Waals surface area contributed by atoms with Crippen LogP contribution in [0.3, 0.4) is 0 Å². The Balaban J connectivity index is 1.99. The molecule has 0 aromatic carbocycles. The van der Waals surface area contributed by atoms with E-state index in [1.54, 1.807) is 17.6 Å². The Hall–Kier alpha value is -1.82. The monoisotopic (exact) mass is 236 g/mol. The van der Waals surface area contributed by atoms with Gasteiger partial charge >= 0.3 is 0 Å². The largest absolute Gasteiger partial charge is 0.397 e. The van der Waals surface area contributed by atoms with Crippen LogP contribution in [0.5, 0.6) is 0 Å². The smallest absolute Gasteiger partial charge is 0.263 e. The van der Waals surface area contributed by atoms with E-state index in [-0.39, 0.29) is 5.91 Å². The number of nitrogens with two attached hydrogens (primary N) is 1. The van der Waals surface area contributed by atoms with E-state index in [2.05, 4.69) is 15.5 Å². The fourth-order valence-electron chi connectivity index (χ4n) is 1.31. The lowest BCUT2D eigenvalue weighted by Gasteiger charge is -2.03. The molecule has 1 amide bonds.